The summed E-state index contributed by atoms with van der Waals surface area (Å²) < 4.78 is 0. The number of rotatable bonds is 6. The van der Waals surface area contributed by atoms with Crippen molar-refractivity contribution in [3.63, 3.8) is 0 Å². The van der Waals surface area contributed by atoms with Gasteiger partial charge in [-0.25, -0.2) is 0 Å². The third kappa shape index (κ3) is 5.80. The van der Waals surface area contributed by atoms with Crippen LogP contribution in [0.25, 0.3) is 0 Å². The molecule has 0 radical (unpaired) electrons. The molecular weight excluding hydrogens is 304 g/mol. The summed E-state index contributed by atoms with van der Waals surface area (Å²) in [6, 6.07) is 7.46. The first-order valence-corrected chi connectivity index (χ1v) is 8.45. The molecule has 2 N–H and O–H groups in total. The lowest BCUT2D eigenvalue weighted by Gasteiger charge is -2.17. The first-order chi connectivity index (χ1) is 11.2. The van der Waals surface area contributed by atoms with Gasteiger partial charge >= 0.3 is 0 Å². The number of amides is 3. The van der Waals surface area contributed by atoms with E-state index >= 15 is 0 Å². The van der Waals surface area contributed by atoms with Crippen molar-refractivity contribution in [2.24, 2.45) is 11.3 Å². The zero-order valence-corrected chi connectivity index (χ0v) is 14.6. The topological polar surface area (TPSA) is 75.3 Å². The molecule has 2 rings (SSSR count). The van der Waals surface area contributed by atoms with E-state index in [0.717, 1.165) is 24.1 Å². The summed E-state index contributed by atoms with van der Waals surface area (Å²) in [4.78, 5) is 34.7. The second-order valence-corrected chi connectivity index (χ2v) is 7.68. The van der Waals surface area contributed by atoms with E-state index in [9.17, 15) is 14.4 Å². The fraction of sp³-hybridized carbons (Fsp3) is 0.526. The molecule has 1 aliphatic rings. The van der Waals surface area contributed by atoms with E-state index in [0.29, 0.717) is 12.8 Å². The highest BCUT2D eigenvalue weighted by Crippen LogP contribution is 2.22. The van der Waals surface area contributed by atoms with Crippen LogP contribution in [0.4, 0.5) is 5.69 Å². The molecule has 3 amide bonds. The van der Waals surface area contributed by atoms with Crippen molar-refractivity contribution >= 4 is 23.4 Å². The van der Waals surface area contributed by atoms with E-state index in [1.54, 1.807) is 0 Å². The zero-order valence-electron chi connectivity index (χ0n) is 14.6. The second kappa shape index (κ2) is 7.60. The van der Waals surface area contributed by atoms with Crippen molar-refractivity contribution in [3.05, 3.63) is 29.8 Å². The number of nitrogens with one attached hydrogen (secondary N) is 2. The summed E-state index contributed by atoms with van der Waals surface area (Å²) in [5.41, 5.74) is 1.98. The molecular formula is C19H26N2O3. The van der Waals surface area contributed by atoms with Crippen LogP contribution in [0, 0.1) is 11.3 Å². The Morgan fingerprint density at radius 3 is 2.42 bits per heavy atom. The predicted octanol–water partition coefficient (Wildman–Crippen LogP) is 3.05. The van der Waals surface area contributed by atoms with Gasteiger partial charge in [-0.05, 0) is 42.4 Å². The summed E-state index contributed by atoms with van der Waals surface area (Å²) >= 11 is 0. The summed E-state index contributed by atoms with van der Waals surface area (Å²) in [6.45, 7) is 6.51. The molecule has 0 bridgehead atoms. The highest BCUT2D eigenvalue weighted by atomic mass is 16.2. The van der Waals surface area contributed by atoms with Gasteiger partial charge in [0.2, 0.25) is 17.7 Å². The van der Waals surface area contributed by atoms with Crippen molar-refractivity contribution in [2.45, 2.75) is 52.9 Å². The van der Waals surface area contributed by atoms with Gasteiger partial charge in [-0.2, -0.15) is 0 Å². The summed E-state index contributed by atoms with van der Waals surface area (Å²) in [5.74, 6) is -0.663. The Morgan fingerprint density at radius 2 is 1.88 bits per heavy atom. The number of hydrogen-bond donors (Lipinski definition) is 2. The molecule has 130 valence electrons. The van der Waals surface area contributed by atoms with Gasteiger partial charge in [-0.15, -0.1) is 0 Å². The molecule has 0 saturated carbocycles. The van der Waals surface area contributed by atoms with Crippen LogP contribution < -0.4 is 10.6 Å². The molecule has 0 aromatic heterocycles. The molecule has 1 heterocycles. The highest BCUT2D eigenvalue weighted by molar-refractivity contribution is 6.03. The van der Waals surface area contributed by atoms with Crippen molar-refractivity contribution in [3.8, 4) is 0 Å². The molecule has 1 aromatic rings. The number of carbonyl (C=O) groups is 3. The molecule has 1 saturated heterocycles. The molecule has 5 heteroatoms. The molecule has 1 aliphatic heterocycles. The molecule has 5 nitrogen and oxygen atoms in total. The molecule has 0 unspecified atom stereocenters. The first kappa shape index (κ1) is 18.2. The summed E-state index contributed by atoms with van der Waals surface area (Å²) in [7, 11) is 0. The van der Waals surface area contributed by atoms with Gasteiger partial charge in [-0.1, -0.05) is 32.9 Å². The molecule has 24 heavy (non-hydrogen) atoms. The molecule has 0 aliphatic carbocycles. The predicted molar refractivity (Wildman–Crippen MR) is 93.3 cm³/mol. The van der Waals surface area contributed by atoms with E-state index in [2.05, 4.69) is 31.4 Å². The summed E-state index contributed by atoms with van der Waals surface area (Å²) in [6.07, 6.45) is 3.20. The minimum absolute atomic E-state index is 0.0211. The highest BCUT2D eigenvalue weighted by Gasteiger charge is 2.30. The van der Waals surface area contributed by atoms with Crippen LogP contribution in [0.5, 0.6) is 0 Å². The SMILES string of the molecule is CC(C)(C)CCCC(=O)Nc1ccc(C[C@@H]2CC(=O)NC2=O)cc1. The van der Waals surface area contributed by atoms with E-state index in [1.807, 2.05) is 24.3 Å². The fourth-order valence-corrected chi connectivity index (χ4v) is 2.78. The van der Waals surface area contributed by atoms with Crippen molar-refractivity contribution < 1.29 is 14.4 Å². The van der Waals surface area contributed by atoms with Gasteiger partial charge in [0.15, 0.2) is 0 Å². The third-order valence-corrected chi connectivity index (χ3v) is 4.12. The van der Waals surface area contributed by atoms with Gasteiger partial charge in [0.1, 0.15) is 0 Å². The normalized spacial score (nSPS) is 17.7. The number of imide groups is 1. The van der Waals surface area contributed by atoms with Crippen molar-refractivity contribution in [1.82, 2.24) is 5.32 Å². The van der Waals surface area contributed by atoms with Crippen LogP contribution >= 0.6 is 0 Å². The fourth-order valence-electron chi connectivity index (χ4n) is 2.78. The molecule has 1 aromatic carbocycles. The Balaban J connectivity index is 1.80. The van der Waals surface area contributed by atoms with Crippen molar-refractivity contribution in [1.29, 1.82) is 0 Å². The number of hydrogen-bond acceptors (Lipinski definition) is 3. The Bertz CT molecular complexity index is 614. The molecule has 1 atom stereocenters. The van der Waals surface area contributed by atoms with Crippen LogP contribution in [-0.2, 0) is 20.8 Å². The lowest BCUT2D eigenvalue weighted by Crippen LogP contribution is -2.22. The Labute approximate surface area is 143 Å². The quantitative estimate of drug-likeness (QED) is 0.787. The maximum absolute atomic E-state index is 11.9. The van der Waals surface area contributed by atoms with Crippen LogP contribution in [0.1, 0.15) is 52.0 Å². The average Bonchev–Trinajstić information content (AvgIpc) is 2.77. The lowest BCUT2D eigenvalue weighted by molar-refractivity contribution is -0.125. The van der Waals surface area contributed by atoms with Crippen LogP contribution in [0.3, 0.4) is 0 Å². The Morgan fingerprint density at radius 1 is 1.21 bits per heavy atom. The monoisotopic (exact) mass is 330 g/mol. The van der Waals surface area contributed by atoms with Gasteiger partial charge in [-0.3, -0.25) is 19.7 Å². The maximum atomic E-state index is 11.9. The van der Waals surface area contributed by atoms with Gasteiger partial charge in [0.25, 0.3) is 0 Å². The van der Waals surface area contributed by atoms with E-state index in [4.69, 9.17) is 0 Å². The lowest BCUT2D eigenvalue weighted by atomic mass is 9.90. The van der Waals surface area contributed by atoms with Crippen LogP contribution in [0.2, 0.25) is 0 Å². The average molecular weight is 330 g/mol. The first-order valence-electron chi connectivity index (χ1n) is 8.45. The maximum Gasteiger partial charge on any atom is 0.230 e. The van der Waals surface area contributed by atoms with Gasteiger partial charge in [0.05, 0.1) is 5.92 Å². The zero-order chi connectivity index (χ0) is 17.7. The standard InChI is InChI=1S/C19H26N2O3/c1-19(2,3)10-4-5-16(22)20-15-8-6-13(7-9-15)11-14-12-17(23)21-18(14)24/h6-9,14H,4-5,10-12H2,1-3H3,(H,20,22)(H,21,23,24)/t14-/m1/s1. The van der Waals surface area contributed by atoms with Crippen LogP contribution in [-0.4, -0.2) is 17.7 Å². The Kier molecular flexibility index (Phi) is 5.75. The molecule has 1 fully saturated rings. The van der Waals surface area contributed by atoms with Gasteiger partial charge < -0.3 is 5.32 Å². The van der Waals surface area contributed by atoms with E-state index in [1.165, 1.54) is 0 Å². The number of benzene rings is 1. The van der Waals surface area contributed by atoms with Gasteiger partial charge in [0, 0.05) is 18.5 Å². The summed E-state index contributed by atoms with van der Waals surface area (Å²) in [5, 5.41) is 5.21. The minimum Gasteiger partial charge on any atom is -0.326 e. The van der Waals surface area contributed by atoms with Crippen molar-refractivity contribution in [2.75, 3.05) is 5.32 Å². The minimum atomic E-state index is -0.282. The molecule has 0 spiro atoms. The smallest absolute Gasteiger partial charge is 0.230 e. The number of carbonyl (C=O) groups excluding carboxylic acids is 3. The van der Waals surface area contributed by atoms with Crippen LogP contribution in [0.15, 0.2) is 24.3 Å². The van der Waals surface area contributed by atoms with E-state index < -0.39 is 0 Å². The third-order valence-electron chi connectivity index (χ3n) is 4.12. The number of anilines is 1. The largest absolute Gasteiger partial charge is 0.326 e. The second-order valence-electron chi connectivity index (χ2n) is 7.68. The van der Waals surface area contributed by atoms with E-state index in [-0.39, 0.29) is 35.5 Å². The Hall–Kier alpha value is -2.17.